The minimum atomic E-state index is 0.185. The van der Waals surface area contributed by atoms with E-state index in [0.29, 0.717) is 24.2 Å². The molecule has 0 aliphatic carbocycles. The molecule has 3 N–H and O–H groups in total. The monoisotopic (exact) mass is 283 g/mol. The minimum Gasteiger partial charge on any atom is -0.346 e. The number of carbonyl (C=O) groups excluding carboxylic acids is 1. The molecule has 20 heavy (non-hydrogen) atoms. The second-order valence-electron chi connectivity index (χ2n) is 6.80. The molecule has 0 aromatic rings. The predicted molar refractivity (Wildman–Crippen MR) is 84.4 cm³/mol. The van der Waals surface area contributed by atoms with Crippen LogP contribution in [0.2, 0.25) is 0 Å². The molecule has 0 spiro atoms. The lowest BCUT2D eigenvalue weighted by molar-refractivity contribution is -0.131. The molecule has 0 aromatic heterocycles. The first kappa shape index (κ1) is 17.4. The third-order valence-corrected chi connectivity index (χ3v) is 4.72. The molecule has 1 saturated heterocycles. The molecule has 1 aliphatic rings. The Morgan fingerprint density at radius 1 is 1.40 bits per heavy atom. The van der Waals surface area contributed by atoms with Crippen molar-refractivity contribution in [3.05, 3.63) is 0 Å². The van der Waals surface area contributed by atoms with Gasteiger partial charge in [-0.05, 0) is 50.1 Å². The Morgan fingerprint density at radius 3 is 2.65 bits per heavy atom. The molecular weight excluding hydrogens is 250 g/mol. The highest BCUT2D eigenvalue weighted by Crippen LogP contribution is 2.23. The summed E-state index contributed by atoms with van der Waals surface area (Å²) in [5.74, 6) is 1.86. The largest absolute Gasteiger partial charge is 0.346 e. The summed E-state index contributed by atoms with van der Waals surface area (Å²) >= 11 is 0. The first-order chi connectivity index (χ1) is 9.41. The molecule has 118 valence electrons. The minimum absolute atomic E-state index is 0.185. The maximum atomic E-state index is 12.2. The molecule has 1 rings (SSSR count). The van der Waals surface area contributed by atoms with E-state index < -0.39 is 0 Å². The van der Waals surface area contributed by atoms with Crippen molar-refractivity contribution >= 4 is 5.91 Å². The average Bonchev–Trinajstić information content (AvgIpc) is 2.44. The Morgan fingerprint density at radius 2 is 2.10 bits per heavy atom. The van der Waals surface area contributed by atoms with Crippen LogP contribution in [0.15, 0.2) is 0 Å². The van der Waals surface area contributed by atoms with Gasteiger partial charge in [-0.1, -0.05) is 20.8 Å². The highest BCUT2D eigenvalue weighted by Gasteiger charge is 2.23. The van der Waals surface area contributed by atoms with Gasteiger partial charge in [0, 0.05) is 26.1 Å². The van der Waals surface area contributed by atoms with Gasteiger partial charge in [-0.15, -0.1) is 0 Å². The summed E-state index contributed by atoms with van der Waals surface area (Å²) in [6.45, 7) is 9.44. The summed E-state index contributed by atoms with van der Waals surface area (Å²) in [4.78, 5) is 14.1. The fourth-order valence-corrected chi connectivity index (χ4v) is 2.76. The van der Waals surface area contributed by atoms with Crippen LogP contribution >= 0.6 is 0 Å². The quantitative estimate of drug-likeness (QED) is 0.749. The molecule has 3 unspecified atom stereocenters. The Kier molecular flexibility index (Phi) is 7.52. The lowest BCUT2D eigenvalue weighted by Crippen LogP contribution is -2.37. The molecule has 1 amide bonds. The maximum Gasteiger partial charge on any atom is 0.222 e. The van der Waals surface area contributed by atoms with Gasteiger partial charge in [0.05, 0.1) is 0 Å². The van der Waals surface area contributed by atoms with Crippen molar-refractivity contribution in [2.24, 2.45) is 23.5 Å². The summed E-state index contributed by atoms with van der Waals surface area (Å²) in [5, 5.41) is 3.43. The van der Waals surface area contributed by atoms with Gasteiger partial charge in [-0.25, -0.2) is 0 Å². The van der Waals surface area contributed by atoms with E-state index >= 15 is 0 Å². The highest BCUT2D eigenvalue weighted by atomic mass is 16.2. The van der Waals surface area contributed by atoms with Gasteiger partial charge in [-0.3, -0.25) is 4.79 Å². The van der Waals surface area contributed by atoms with E-state index in [-0.39, 0.29) is 11.9 Å². The molecule has 4 heteroatoms. The lowest BCUT2D eigenvalue weighted by atomic mass is 9.85. The zero-order valence-electron chi connectivity index (χ0n) is 13.7. The van der Waals surface area contributed by atoms with E-state index in [1.807, 2.05) is 11.9 Å². The van der Waals surface area contributed by atoms with E-state index in [2.05, 4.69) is 26.1 Å². The van der Waals surface area contributed by atoms with Gasteiger partial charge >= 0.3 is 0 Å². The van der Waals surface area contributed by atoms with E-state index in [0.717, 1.165) is 26.1 Å². The molecule has 0 radical (unpaired) electrons. The van der Waals surface area contributed by atoms with Crippen LogP contribution in [0.5, 0.6) is 0 Å². The number of rotatable bonds is 7. The number of nitrogens with two attached hydrogens (primary N) is 1. The van der Waals surface area contributed by atoms with Crippen LogP contribution in [0.4, 0.5) is 0 Å². The number of hydrogen-bond donors (Lipinski definition) is 2. The molecule has 1 aliphatic heterocycles. The van der Waals surface area contributed by atoms with E-state index in [4.69, 9.17) is 5.73 Å². The van der Waals surface area contributed by atoms with Crippen molar-refractivity contribution in [3.63, 3.8) is 0 Å². The number of nitrogens with zero attached hydrogens (tertiary/aromatic N) is 1. The molecule has 4 nitrogen and oxygen atoms in total. The number of hydrogen-bond acceptors (Lipinski definition) is 3. The van der Waals surface area contributed by atoms with Crippen molar-refractivity contribution in [1.82, 2.24) is 10.2 Å². The Balaban J connectivity index is 2.29. The zero-order valence-corrected chi connectivity index (χ0v) is 13.7. The molecule has 0 saturated carbocycles. The molecule has 0 bridgehead atoms. The van der Waals surface area contributed by atoms with Crippen LogP contribution in [0, 0.1) is 17.8 Å². The van der Waals surface area contributed by atoms with Crippen molar-refractivity contribution in [1.29, 1.82) is 0 Å². The molecule has 0 aromatic carbocycles. The summed E-state index contributed by atoms with van der Waals surface area (Å²) in [6, 6.07) is 0.185. The first-order valence-corrected chi connectivity index (χ1v) is 8.12. The van der Waals surface area contributed by atoms with Crippen molar-refractivity contribution in [3.8, 4) is 0 Å². The van der Waals surface area contributed by atoms with Crippen LogP contribution in [-0.2, 0) is 4.79 Å². The topological polar surface area (TPSA) is 58.4 Å². The first-order valence-electron chi connectivity index (χ1n) is 8.12. The third-order valence-electron chi connectivity index (χ3n) is 4.72. The standard InChI is InChI=1S/C16H33N3O/c1-12(2)15(17)7-9-19(4)16(20)10-13(3)14-6-5-8-18-11-14/h12-15,18H,5-11,17H2,1-4H3. The van der Waals surface area contributed by atoms with Gasteiger partial charge in [0.15, 0.2) is 0 Å². The smallest absolute Gasteiger partial charge is 0.222 e. The molecule has 3 atom stereocenters. The maximum absolute atomic E-state index is 12.2. The summed E-state index contributed by atoms with van der Waals surface area (Å²) in [7, 11) is 1.90. The third kappa shape index (κ3) is 5.80. The van der Waals surface area contributed by atoms with E-state index in [1.165, 1.54) is 12.8 Å². The summed E-state index contributed by atoms with van der Waals surface area (Å²) in [6.07, 6.45) is 4.05. The van der Waals surface area contributed by atoms with Crippen LogP contribution in [0.25, 0.3) is 0 Å². The normalized spacial score (nSPS) is 22.6. The number of amides is 1. The number of piperidine rings is 1. The highest BCUT2D eigenvalue weighted by molar-refractivity contribution is 5.76. The second kappa shape index (κ2) is 8.63. The predicted octanol–water partition coefficient (Wildman–Crippen LogP) is 1.84. The van der Waals surface area contributed by atoms with Gasteiger partial charge in [0.2, 0.25) is 5.91 Å². The Hall–Kier alpha value is -0.610. The Bertz CT molecular complexity index is 287. The number of nitrogens with one attached hydrogen (secondary N) is 1. The SMILES string of the molecule is CC(C)C(N)CCN(C)C(=O)CC(C)C1CCCNC1. The van der Waals surface area contributed by atoms with Crippen LogP contribution in [0.3, 0.4) is 0 Å². The Labute approximate surface area is 124 Å². The summed E-state index contributed by atoms with van der Waals surface area (Å²) < 4.78 is 0. The average molecular weight is 283 g/mol. The van der Waals surface area contributed by atoms with Gasteiger partial charge in [0.25, 0.3) is 0 Å². The van der Waals surface area contributed by atoms with Crippen LogP contribution in [0.1, 0.15) is 46.5 Å². The van der Waals surface area contributed by atoms with E-state index in [1.54, 1.807) is 0 Å². The molecule has 1 fully saturated rings. The van der Waals surface area contributed by atoms with Gasteiger partial charge in [0.1, 0.15) is 0 Å². The van der Waals surface area contributed by atoms with Crippen molar-refractivity contribution in [2.45, 2.75) is 52.5 Å². The second-order valence-corrected chi connectivity index (χ2v) is 6.80. The zero-order chi connectivity index (χ0) is 15.1. The fourth-order valence-electron chi connectivity index (χ4n) is 2.76. The van der Waals surface area contributed by atoms with Crippen molar-refractivity contribution < 1.29 is 4.79 Å². The van der Waals surface area contributed by atoms with Gasteiger partial charge < -0.3 is 16.0 Å². The van der Waals surface area contributed by atoms with Crippen molar-refractivity contribution in [2.75, 3.05) is 26.7 Å². The number of carbonyl (C=O) groups is 1. The van der Waals surface area contributed by atoms with Gasteiger partial charge in [-0.2, -0.15) is 0 Å². The summed E-state index contributed by atoms with van der Waals surface area (Å²) in [5.41, 5.74) is 6.04. The van der Waals surface area contributed by atoms with Crippen LogP contribution in [-0.4, -0.2) is 43.5 Å². The van der Waals surface area contributed by atoms with Crippen LogP contribution < -0.4 is 11.1 Å². The molecule has 1 heterocycles. The van der Waals surface area contributed by atoms with E-state index in [9.17, 15) is 4.79 Å². The molecular formula is C16H33N3O. The lowest BCUT2D eigenvalue weighted by Gasteiger charge is -2.29. The fraction of sp³-hybridized carbons (Fsp3) is 0.938.